The van der Waals surface area contributed by atoms with Crippen LogP contribution >= 0.6 is 15.9 Å². The first-order chi connectivity index (χ1) is 9.04. The van der Waals surface area contributed by atoms with Crippen LogP contribution in [-0.4, -0.2) is 10.9 Å². The van der Waals surface area contributed by atoms with Crippen molar-refractivity contribution in [3.63, 3.8) is 0 Å². The second kappa shape index (κ2) is 5.84. The number of carbonyl (C=O) groups is 1. The Kier molecular flexibility index (Phi) is 4.16. The van der Waals surface area contributed by atoms with E-state index in [2.05, 4.69) is 26.2 Å². The normalized spacial score (nSPS) is 10.2. The molecule has 0 saturated heterocycles. The number of aromatic nitrogens is 1. The molecule has 0 spiro atoms. The maximum atomic E-state index is 12.0. The van der Waals surface area contributed by atoms with Gasteiger partial charge in [-0.3, -0.25) is 4.79 Å². The Balaban J connectivity index is 2.05. The van der Waals surface area contributed by atoms with E-state index in [0.29, 0.717) is 17.9 Å². The van der Waals surface area contributed by atoms with Crippen LogP contribution in [0, 0.1) is 6.92 Å². The first-order valence-corrected chi connectivity index (χ1v) is 6.61. The molecule has 2 rings (SSSR count). The van der Waals surface area contributed by atoms with E-state index in [1.165, 1.54) is 0 Å². The minimum absolute atomic E-state index is 0.155. The predicted octanol–water partition coefficient (Wildman–Crippen LogP) is 2.66. The monoisotopic (exact) mass is 319 g/mol. The third-order valence-corrected chi connectivity index (χ3v) is 3.07. The number of nitrogens with zero attached hydrogens (tertiary/aromatic N) is 1. The Labute approximate surface area is 120 Å². The van der Waals surface area contributed by atoms with Crippen LogP contribution in [0.25, 0.3) is 0 Å². The van der Waals surface area contributed by atoms with Gasteiger partial charge in [0.15, 0.2) is 0 Å². The number of rotatable bonds is 3. The largest absolute Gasteiger partial charge is 0.384 e. The lowest BCUT2D eigenvalue weighted by atomic mass is 10.2. The second-order valence-electron chi connectivity index (χ2n) is 4.23. The molecule has 1 aromatic carbocycles. The Morgan fingerprint density at radius 1 is 1.37 bits per heavy atom. The first kappa shape index (κ1) is 13.5. The van der Waals surface area contributed by atoms with Crippen LogP contribution < -0.4 is 11.1 Å². The Morgan fingerprint density at radius 3 is 2.84 bits per heavy atom. The summed E-state index contributed by atoms with van der Waals surface area (Å²) in [5.74, 6) is 0.199. The molecule has 98 valence electrons. The number of nitrogens with two attached hydrogens (primary N) is 1. The van der Waals surface area contributed by atoms with Crippen LogP contribution in [0.5, 0.6) is 0 Å². The zero-order valence-corrected chi connectivity index (χ0v) is 12.1. The van der Waals surface area contributed by atoms with E-state index in [4.69, 9.17) is 5.73 Å². The number of carbonyl (C=O) groups excluding carboxylic acids is 1. The Hall–Kier alpha value is -1.88. The Morgan fingerprint density at radius 2 is 2.16 bits per heavy atom. The molecule has 0 aliphatic carbocycles. The van der Waals surface area contributed by atoms with E-state index in [-0.39, 0.29) is 5.91 Å². The molecule has 0 atom stereocenters. The number of pyridine rings is 1. The summed E-state index contributed by atoms with van der Waals surface area (Å²) in [6.07, 6.45) is 0. The van der Waals surface area contributed by atoms with Crippen molar-refractivity contribution in [2.45, 2.75) is 13.5 Å². The maximum absolute atomic E-state index is 12.0. The number of amides is 1. The number of aryl methyl sites for hydroxylation is 1. The van der Waals surface area contributed by atoms with Gasteiger partial charge in [0.2, 0.25) is 0 Å². The summed E-state index contributed by atoms with van der Waals surface area (Å²) in [7, 11) is 0. The quantitative estimate of drug-likeness (QED) is 0.913. The highest BCUT2D eigenvalue weighted by Gasteiger charge is 2.07. The summed E-state index contributed by atoms with van der Waals surface area (Å²) in [6, 6.07) is 11.1. The standard InChI is InChI=1S/C14H14BrN3O/c1-9-5-11(7-13(16)18-9)14(19)17-8-10-3-2-4-12(15)6-10/h2-7H,8H2,1H3,(H2,16,18)(H,17,19). The summed E-state index contributed by atoms with van der Waals surface area (Å²) >= 11 is 3.40. The average Bonchev–Trinajstić information content (AvgIpc) is 2.35. The van der Waals surface area contributed by atoms with Crippen molar-refractivity contribution in [2.24, 2.45) is 0 Å². The fourth-order valence-electron chi connectivity index (χ4n) is 1.76. The third-order valence-electron chi connectivity index (χ3n) is 2.58. The highest BCUT2D eigenvalue weighted by Crippen LogP contribution is 2.12. The van der Waals surface area contributed by atoms with Gasteiger partial charge in [0.05, 0.1) is 0 Å². The molecule has 4 nitrogen and oxygen atoms in total. The van der Waals surface area contributed by atoms with Crippen molar-refractivity contribution in [3.05, 3.63) is 57.7 Å². The van der Waals surface area contributed by atoms with Crippen molar-refractivity contribution in [2.75, 3.05) is 5.73 Å². The van der Waals surface area contributed by atoms with Crippen LogP contribution in [0.2, 0.25) is 0 Å². The molecular formula is C14H14BrN3O. The third kappa shape index (κ3) is 3.79. The molecule has 0 aliphatic rings. The molecule has 1 amide bonds. The molecule has 1 heterocycles. The van der Waals surface area contributed by atoms with E-state index >= 15 is 0 Å². The van der Waals surface area contributed by atoms with Crippen molar-refractivity contribution in [3.8, 4) is 0 Å². The van der Waals surface area contributed by atoms with E-state index in [1.807, 2.05) is 24.3 Å². The highest BCUT2D eigenvalue weighted by molar-refractivity contribution is 9.10. The number of benzene rings is 1. The topological polar surface area (TPSA) is 68.0 Å². The summed E-state index contributed by atoms with van der Waals surface area (Å²) in [5, 5.41) is 2.85. The minimum Gasteiger partial charge on any atom is -0.384 e. The number of hydrogen-bond acceptors (Lipinski definition) is 3. The van der Waals surface area contributed by atoms with Gasteiger partial charge in [-0.2, -0.15) is 0 Å². The predicted molar refractivity (Wildman–Crippen MR) is 78.7 cm³/mol. The molecule has 5 heteroatoms. The zero-order valence-electron chi connectivity index (χ0n) is 10.5. The van der Waals surface area contributed by atoms with Crippen molar-refractivity contribution < 1.29 is 4.79 Å². The van der Waals surface area contributed by atoms with Gasteiger partial charge >= 0.3 is 0 Å². The summed E-state index contributed by atoms with van der Waals surface area (Å²) < 4.78 is 0.989. The molecule has 0 saturated carbocycles. The van der Waals surface area contributed by atoms with Crippen LogP contribution in [-0.2, 0) is 6.54 Å². The van der Waals surface area contributed by atoms with E-state index in [0.717, 1.165) is 15.7 Å². The number of nitrogens with one attached hydrogen (secondary N) is 1. The fraction of sp³-hybridized carbons (Fsp3) is 0.143. The lowest BCUT2D eigenvalue weighted by Crippen LogP contribution is -2.23. The molecule has 0 unspecified atom stereocenters. The zero-order chi connectivity index (χ0) is 13.8. The number of halogens is 1. The van der Waals surface area contributed by atoms with E-state index in [9.17, 15) is 4.79 Å². The van der Waals surface area contributed by atoms with Crippen LogP contribution in [0.4, 0.5) is 5.82 Å². The Bertz CT molecular complexity index is 593. The van der Waals surface area contributed by atoms with Crippen LogP contribution in [0.3, 0.4) is 0 Å². The number of anilines is 1. The lowest BCUT2D eigenvalue weighted by molar-refractivity contribution is 0.0950. The van der Waals surface area contributed by atoms with Gasteiger partial charge in [0.1, 0.15) is 5.82 Å². The molecule has 3 N–H and O–H groups in total. The average molecular weight is 320 g/mol. The van der Waals surface area contributed by atoms with Gasteiger partial charge in [-0.25, -0.2) is 4.98 Å². The van der Waals surface area contributed by atoms with Gasteiger partial charge in [-0.05, 0) is 36.8 Å². The first-order valence-electron chi connectivity index (χ1n) is 5.81. The van der Waals surface area contributed by atoms with Crippen molar-refractivity contribution in [1.82, 2.24) is 10.3 Å². The van der Waals surface area contributed by atoms with Crippen molar-refractivity contribution in [1.29, 1.82) is 0 Å². The molecule has 0 bridgehead atoms. The summed E-state index contributed by atoms with van der Waals surface area (Å²) in [6.45, 7) is 2.28. The number of nitrogen functional groups attached to an aromatic ring is 1. The van der Waals surface area contributed by atoms with Gasteiger partial charge in [-0.1, -0.05) is 28.1 Å². The highest BCUT2D eigenvalue weighted by atomic mass is 79.9. The van der Waals surface area contributed by atoms with Gasteiger partial charge in [-0.15, -0.1) is 0 Å². The van der Waals surface area contributed by atoms with E-state index < -0.39 is 0 Å². The molecular weight excluding hydrogens is 306 g/mol. The smallest absolute Gasteiger partial charge is 0.251 e. The minimum atomic E-state index is -0.155. The summed E-state index contributed by atoms with van der Waals surface area (Å²) in [5.41, 5.74) is 7.91. The maximum Gasteiger partial charge on any atom is 0.251 e. The SMILES string of the molecule is Cc1cc(C(=O)NCc2cccc(Br)c2)cc(N)n1. The van der Waals surface area contributed by atoms with Gasteiger partial charge in [0, 0.05) is 22.3 Å². The number of hydrogen-bond donors (Lipinski definition) is 2. The molecule has 0 fully saturated rings. The van der Waals surface area contributed by atoms with Crippen LogP contribution in [0.15, 0.2) is 40.9 Å². The second-order valence-corrected chi connectivity index (χ2v) is 5.15. The molecule has 19 heavy (non-hydrogen) atoms. The fourth-order valence-corrected chi connectivity index (χ4v) is 2.20. The molecule has 0 aliphatic heterocycles. The molecule has 0 radical (unpaired) electrons. The van der Waals surface area contributed by atoms with Crippen molar-refractivity contribution >= 4 is 27.7 Å². The lowest BCUT2D eigenvalue weighted by Gasteiger charge is -2.07. The van der Waals surface area contributed by atoms with Gasteiger partial charge in [0.25, 0.3) is 5.91 Å². The van der Waals surface area contributed by atoms with E-state index in [1.54, 1.807) is 19.1 Å². The van der Waals surface area contributed by atoms with Crippen LogP contribution in [0.1, 0.15) is 21.6 Å². The molecule has 2 aromatic rings. The molecule has 1 aromatic heterocycles. The van der Waals surface area contributed by atoms with Gasteiger partial charge < -0.3 is 11.1 Å². The summed E-state index contributed by atoms with van der Waals surface area (Å²) in [4.78, 5) is 16.0.